The third kappa shape index (κ3) is 8.98. The number of rotatable bonds is 11. The van der Waals surface area contributed by atoms with E-state index < -0.39 is 11.8 Å². The lowest BCUT2D eigenvalue weighted by atomic mass is 10.1. The van der Waals surface area contributed by atoms with Gasteiger partial charge >= 0.3 is 0 Å². The van der Waals surface area contributed by atoms with E-state index in [1.54, 1.807) is 110 Å². The van der Waals surface area contributed by atoms with E-state index in [1.165, 1.54) is 23.1 Å². The van der Waals surface area contributed by atoms with Crippen molar-refractivity contribution in [1.82, 2.24) is 10.3 Å². The van der Waals surface area contributed by atoms with E-state index >= 15 is 0 Å². The van der Waals surface area contributed by atoms with Crippen LogP contribution in [0.25, 0.3) is 17.3 Å². The fourth-order valence-electron chi connectivity index (χ4n) is 4.13. The largest absolute Gasteiger partial charge is 0.497 e. The van der Waals surface area contributed by atoms with Crippen molar-refractivity contribution in [3.63, 3.8) is 0 Å². The number of hydrogen-bond donors (Lipinski definition) is 3. The highest BCUT2D eigenvalue weighted by Crippen LogP contribution is 2.32. The van der Waals surface area contributed by atoms with Crippen molar-refractivity contribution in [2.45, 2.75) is 4.90 Å². The number of benzene rings is 4. The Morgan fingerprint density at radius 1 is 0.913 bits per heavy atom. The van der Waals surface area contributed by atoms with E-state index in [2.05, 4.69) is 20.9 Å². The third-order valence-electron chi connectivity index (χ3n) is 6.37. The van der Waals surface area contributed by atoms with Crippen molar-refractivity contribution in [3.05, 3.63) is 129 Å². The van der Waals surface area contributed by atoms with Crippen molar-refractivity contribution in [3.8, 4) is 17.0 Å². The summed E-state index contributed by atoms with van der Waals surface area (Å²) in [4.78, 5) is 44.1. The van der Waals surface area contributed by atoms with E-state index in [-0.39, 0.29) is 17.4 Å². The first-order chi connectivity index (χ1) is 22.3. The second-order valence-corrected chi connectivity index (χ2v) is 12.4. The van der Waals surface area contributed by atoms with E-state index in [9.17, 15) is 14.4 Å². The van der Waals surface area contributed by atoms with E-state index in [0.29, 0.717) is 43.4 Å². The first kappa shape index (κ1) is 32.8. The fourth-order valence-corrected chi connectivity index (χ4v) is 6.06. The Labute approximate surface area is 283 Å². The summed E-state index contributed by atoms with van der Waals surface area (Å²) in [5.74, 6) is -0.371. The maximum Gasteiger partial charge on any atom is 0.272 e. The number of amides is 3. The zero-order valence-corrected chi connectivity index (χ0v) is 27.4. The zero-order valence-electron chi connectivity index (χ0n) is 24.3. The minimum Gasteiger partial charge on any atom is -0.497 e. The molecule has 1 heterocycles. The number of anilines is 2. The number of nitrogens with one attached hydrogen (secondary N) is 3. The Kier molecular flexibility index (Phi) is 11.1. The molecule has 3 amide bonds. The standard InChI is InChI=1S/C34H26Cl2N4O4S2/c1-44-25-9-5-6-21(16-25)17-29(38-32(42)22-7-3-2-4-8-22)33(43)37-24-11-13-26(14-12-24)45-20-31(41)40-34-39-30(19-46-34)27-15-10-23(35)18-28(27)36/h2-19H,20H2,1H3,(H,37,43)(H,38,42)(H,39,40,41)/b29-17-. The molecule has 5 aromatic rings. The molecule has 0 radical (unpaired) electrons. The Bertz CT molecular complexity index is 1900. The molecule has 232 valence electrons. The molecule has 3 N–H and O–H groups in total. The molecule has 0 saturated carbocycles. The number of nitrogens with zero attached hydrogens (tertiary/aromatic N) is 1. The lowest BCUT2D eigenvalue weighted by Crippen LogP contribution is -2.30. The topological polar surface area (TPSA) is 109 Å². The average molecular weight is 690 g/mol. The smallest absolute Gasteiger partial charge is 0.272 e. The number of hydrogen-bond acceptors (Lipinski definition) is 7. The monoisotopic (exact) mass is 688 g/mol. The molecule has 0 atom stereocenters. The number of carbonyl (C=O) groups is 3. The van der Waals surface area contributed by atoms with Crippen LogP contribution in [0.4, 0.5) is 10.8 Å². The molecule has 0 aliphatic heterocycles. The molecule has 5 rings (SSSR count). The fraction of sp³-hybridized carbons (Fsp3) is 0.0588. The van der Waals surface area contributed by atoms with Crippen LogP contribution in [0.1, 0.15) is 15.9 Å². The molecule has 12 heteroatoms. The molecule has 0 aliphatic rings. The van der Waals surface area contributed by atoms with Gasteiger partial charge < -0.3 is 20.7 Å². The molecule has 0 fully saturated rings. The van der Waals surface area contributed by atoms with Gasteiger partial charge in [0.05, 0.1) is 23.6 Å². The summed E-state index contributed by atoms with van der Waals surface area (Å²) < 4.78 is 5.29. The van der Waals surface area contributed by atoms with Gasteiger partial charge in [-0.25, -0.2) is 4.98 Å². The lowest BCUT2D eigenvalue weighted by Gasteiger charge is -2.12. The molecule has 0 spiro atoms. The van der Waals surface area contributed by atoms with Gasteiger partial charge in [-0.05, 0) is 78.4 Å². The second kappa shape index (κ2) is 15.6. The highest BCUT2D eigenvalue weighted by Gasteiger charge is 2.16. The summed E-state index contributed by atoms with van der Waals surface area (Å²) in [6.45, 7) is 0. The van der Waals surface area contributed by atoms with Gasteiger partial charge in [-0.1, -0.05) is 53.5 Å². The highest BCUT2D eigenvalue weighted by molar-refractivity contribution is 8.00. The van der Waals surface area contributed by atoms with Gasteiger partial charge in [-0.2, -0.15) is 0 Å². The maximum atomic E-state index is 13.3. The second-order valence-electron chi connectivity index (χ2n) is 9.63. The Hall–Kier alpha value is -4.61. The highest BCUT2D eigenvalue weighted by atomic mass is 35.5. The van der Waals surface area contributed by atoms with Crippen LogP contribution in [-0.2, 0) is 9.59 Å². The molecule has 46 heavy (non-hydrogen) atoms. The predicted octanol–water partition coefficient (Wildman–Crippen LogP) is 8.27. The minimum absolute atomic E-state index is 0.0564. The number of thiazole rings is 1. The normalized spacial score (nSPS) is 11.1. The Morgan fingerprint density at radius 3 is 2.43 bits per heavy atom. The molecular weight excluding hydrogens is 663 g/mol. The molecule has 1 aromatic heterocycles. The van der Waals surface area contributed by atoms with E-state index in [1.807, 2.05) is 5.38 Å². The SMILES string of the molecule is COc1cccc(/C=C(\NC(=O)c2ccccc2)C(=O)Nc2ccc(SCC(=O)Nc3nc(-c4ccc(Cl)cc4Cl)cs3)cc2)c1. The quantitative estimate of drug-likeness (QED) is 0.0952. The van der Waals surface area contributed by atoms with Crippen LogP contribution in [0.5, 0.6) is 5.75 Å². The van der Waals surface area contributed by atoms with Gasteiger partial charge in [0.15, 0.2) is 5.13 Å². The summed E-state index contributed by atoms with van der Waals surface area (Å²) in [5.41, 5.74) is 3.03. The molecule has 0 saturated heterocycles. The number of halogens is 2. The average Bonchev–Trinajstić information content (AvgIpc) is 3.52. The molecule has 0 bridgehead atoms. The van der Waals surface area contributed by atoms with Gasteiger partial charge in [-0.15, -0.1) is 23.1 Å². The molecule has 4 aromatic carbocycles. The van der Waals surface area contributed by atoms with E-state index in [4.69, 9.17) is 27.9 Å². The van der Waals surface area contributed by atoms with Crippen LogP contribution in [-0.4, -0.2) is 35.6 Å². The van der Waals surface area contributed by atoms with Crippen molar-refractivity contribution in [1.29, 1.82) is 0 Å². The summed E-state index contributed by atoms with van der Waals surface area (Å²) in [6, 6.07) is 28.0. The van der Waals surface area contributed by atoms with Gasteiger partial charge in [0, 0.05) is 32.1 Å². The van der Waals surface area contributed by atoms with Crippen LogP contribution in [0.2, 0.25) is 10.0 Å². The van der Waals surface area contributed by atoms with Crippen molar-refractivity contribution >= 4 is 80.9 Å². The predicted molar refractivity (Wildman–Crippen MR) is 187 cm³/mol. The third-order valence-corrected chi connectivity index (χ3v) is 8.69. The summed E-state index contributed by atoms with van der Waals surface area (Å²) >= 11 is 14.9. The van der Waals surface area contributed by atoms with Crippen molar-refractivity contribution in [2.24, 2.45) is 0 Å². The number of ether oxygens (including phenoxy) is 1. The Balaban J connectivity index is 1.19. The van der Waals surface area contributed by atoms with Crippen molar-refractivity contribution < 1.29 is 19.1 Å². The summed E-state index contributed by atoms with van der Waals surface area (Å²) in [6.07, 6.45) is 1.58. The number of thioether (sulfide) groups is 1. The lowest BCUT2D eigenvalue weighted by molar-refractivity contribution is -0.114. The van der Waals surface area contributed by atoms with Gasteiger partial charge in [-0.3, -0.25) is 14.4 Å². The van der Waals surface area contributed by atoms with Crippen LogP contribution in [0.3, 0.4) is 0 Å². The van der Waals surface area contributed by atoms with Crippen LogP contribution < -0.4 is 20.7 Å². The Morgan fingerprint density at radius 2 is 1.70 bits per heavy atom. The molecule has 8 nitrogen and oxygen atoms in total. The van der Waals surface area contributed by atoms with Crippen molar-refractivity contribution in [2.75, 3.05) is 23.5 Å². The number of aromatic nitrogens is 1. The number of carbonyl (C=O) groups excluding carboxylic acids is 3. The molecular formula is C34H26Cl2N4O4S2. The summed E-state index contributed by atoms with van der Waals surface area (Å²) in [7, 11) is 1.55. The number of methoxy groups -OCH3 is 1. The van der Waals surface area contributed by atoms with Gasteiger partial charge in [0.25, 0.3) is 11.8 Å². The van der Waals surface area contributed by atoms with Gasteiger partial charge in [0.1, 0.15) is 11.4 Å². The first-order valence-corrected chi connectivity index (χ1v) is 16.4. The summed E-state index contributed by atoms with van der Waals surface area (Å²) in [5, 5.41) is 11.6. The van der Waals surface area contributed by atoms with E-state index in [0.717, 1.165) is 10.5 Å². The van der Waals surface area contributed by atoms with Crippen LogP contribution in [0.15, 0.2) is 113 Å². The molecule has 0 aliphatic carbocycles. The van der Waals surface area contributed by atoms with Crippen LogP contribution >= 0.6 is 46.3 Å². The zero-order chi connectivity index (χ0) is 32.5. The van der Waals surface area contributed by atoms with Gasteiger partial charge in [0.2, 0.25) is 5.91 Å². The van der Waals surface area contributed by atoms with Crippen LogP contribution in [0, 0.1) is 0 Å². The minimum atomic E-state index is -0.505. The molecule has 0 unspecified atom stereocenters. The maximum absolute atomic E-state index is 13.3. The first-order valence-electron chi connectivity index (χ1n) is 13.7.